The first-order valence-electron chi connectivity index (χ1n) is 12.5. The third-order valence-corrected chi connectivity index (χ3v) is 7.02. The molecule has 0 aliphatic carbocycles. The quantitative estimate of drug-likeness (QED) is 0.488. The van der Waals surface area contributed by atoms with Crippen molar-refractivity contribution < 1.29 is 19.1 Å². The van der Waals surface area contributed by atoms with Gasteiger partial charge in [0, 0.05) is 30.6 Å². The number of rotatable bonds is 6. The van der Waals surface area contributed by atoms with E-state index in [1.54, 1.807) is 13.1 Å². The fourth-order valence-electron chi connectivity index (χ4n) is 5.15. The summed E-state index contributed by atoms with van der Waals surface area (Å²) in [4.78, 5) is 39.2. The molecule has 1 amide bonds. The lowest BCUT2D eigenvalue weighted by Crippen LogP contribution is -2.35. The van der Waals surface area contributed by atoms with Gasteiger partial charge >= 0.3 is 5.97 Å². The zero-order valence-corrected chi connectivity index (χ0v) is 21.2. The molecule has 1 unspecified atom stereocenters. The lowest BCUT2D eigenvalue weighted by molar-refractivity contribution is -0.128. The molecule has 9 nitrogen and oxygen atoms in total. The molecule has 0 bridgehead atoms. The zero-order chi connectivity index (χ0) is 25.6. The van der Waals surface area contributed by atoms with E-state index in [1.165, 1.54) is 6.07 Å². The molecule has 0 radical (unpaired) electrons. The predicted molar refractivity (Wildman–Crippen MR) is 135 cm³/mol. The van der Waals surface area contributed by atoms with Crippen LogP contribution in [0.4, 0.5) is 0 Å². The Balaban J connectivity index is 1.57. The number of hydrogen-bond donors (Lipinski definition) is 0. The highest BCUT2D eigenvalue weighted by Gasteiger charge is 2.35. The number of ether oxygens (including phenoxy) is 2. The maximum absolute atomic E-state index is 13.0. The molecule has 1 atom stereocenters. The summed E-state index contributed by atoms with van der Waals surface area (Å²) in [6.45, 7) is 10.6. The van der Waals surface area contributed by atoms with Gasteiger partial charge in [-0.15, -0.1) is 0 Å². The Bertz CT molecular complexity index is 1400. The number of aromatic nitrogens is 3. The molecular formula is C27H32N4O5. The molecule has 1 fully saturated rings. The Morgan fingerprint density at radius 1 is 1.22 bits per heavy atom. The lowest BCUT2D eigenvalue weighted by Gasteiger charge is -2.38. The minimum atomic E-state index is -0.610. The van der Waals surface area contributed by atoms with Crippen LogP contribution in [0.5, 0.6) is 5.75 Å². The largest absolute Gasteiger partial charge is 0.489 e. The summed E-state index contributed by atoms with van der Waals surface area (Å²) in [5.41, 5.74) is 1.72. The van der Waals surface area contributed by atoms with Gasteiger partial charge in [0.15, 0.2) is 5.43 Å². The van der Waals surface area contributed by atoms with Crippen molar-refractivity contribution in [3.05, 3.63) is 46.2 Å². The van der Waals surface area contributed by atoms with Crippen LogP contribution in [0.1, 0.15) is 56.9 Å². The second-order valence-electron chi connectivity index (χ2n) is 10.5. The van der Waals surface area contributed by atoms with Crippen LogP contribution in [0, 0.1) is 5.41 Å². The van der Waals surface area contributed by atoms with Gasteiger partial charge in [0.05, 0.1) is 37.1 Å². The molecule has 3 aromatic rings. The number of pyridine rings is 1. The molecule has 2 aliphatic rings. The Hall–Kier alpha value is -3.62. The normalized spacial score (nSPS) is 17.3. The number of benzene rings is 1. The number of likely N-dealkylation sites (tertiary alicyclic amines) is 1. The summed E-state index contributed by atoms with van der Waals surface area (Å²) in [5.74, 6) is 0.207. The summed E-state index contributed by atoms with van der Waals surface area (Å²) < 4.78 is 15.2. The van der Waals surface area contributed by atoms with Crippen LogP contribution in [0.2, 0.25) is 0 Å². The van der Waals surface area contributed by atoms with Crippen molar-refractivity contribution in [2.75, 3.05) is 26.3 Å². The highest BCUT2D eigenvalue weighted by Crippen LogP contribution is 2.43. The minimum absolute atomic E-state index is 0.0348. The topological polar surface area (TPSA) is 95.7 Å². The summed E-state index contributed by atoms with van der Waals surface area (Å²) in [6, 6.07) is 7.23. The smallest absolute Gasteiger partial charge is 0.343 e. The fraction of sp³-hybridized carbons (Fsp3) is 0.481. The molecule has 190 valence electrons. The van der Waals surface area contributed by atoms with Gasteiger partial charge in [-0.05, 0) is 24.8 Å². The van der Waals surface area contributed by atoms with Gasteiger partial charge < -0.3 is 18.9 Å². The van der Waals surface area contributed by atoms with Crippen LogP contribution in [0.25, 0.3) is 22.3 Å². The van der Waals surface area contributed by atoms with Crippen molar-refractivity contribution in [2.45, 2.75) is 53.1 Å². The highest BCUT2D eigenvalue weighted by molar-refractivity contribution is 5.97. The molecular weight excluding hydrogens is 460 g/mol. The zero-order valence-electron chi connectivity index (χ0n) is 21.2. The number of esters is 1. The number of carbonyl (C=O) groups excluding carboxylic acids is 2. The average molecular weight is 493 g/mol. The van der Waals surface area contributed by atoms with E-state index in [2.05, 4.69) is 20.8 Å². The molecule has 2 aliphatic heterocycles. The molecule has 0 spiro atoms. The summed E-state index contributed by atoms with van der Waals surface area (Å²) in [7, 11) is 0. The first-order chi connectivity index (χ1) is 17.2. The van der Waals surface area contributed by atoms with Crippen molar-refractivity contribution >= 4 is 22.8 Å². The van der Waals surface area contributed by atoms with E-state index in [0.29, 0.717) is 43.1 Å². The van der Waals surface area contributed by atoms with Gasteiger partial charge in [0.2, 0.25) is 5.91 Å². The van der Waals surface area contributed by atoms with E-state index in [4.69, 9.17) is 14.6 Å². The van der Waals surface area contributed by atoms with E-state index < -0.39 is 5.97 Å². The van der Waals surface area contributed by atoms with E-state index in [0.717, 1.165) is 24.0 Å². The molecule has 36 heavy (non-hydrogen) atoms. The van der Waals surface area contributed by atoms with Crippen molar-refractivity contribution in [1.82, 2.24) is 19.2 Å². The van der Waals surface area contributed by atoms with Crippen LogP contribution >= 0.6 is 0 Å². The van der Waals surface area contributed by atoms with Gasteiger partial charge in [-0.25, -0.2) is 4.79 Å². The molecule has 4 heterocycles. The Morgan fingerprint density at radius 2 is 2.03 bits per heavy atom. The van der Waals surface area contributed by atoms with Crippen LogP contribution < -0.4 is 10.2 Å². The summed E-state index contributed by atoms with van der Waals surface area (Å²) >= 11 is 0. The number of fused-ring (bicyclic) bond motifs is 5. The first kappa shape index (κ1) is 24.1. The van der Waals surface area contributed by atoms with Crippen molar-refractivity contribution in [1.29, 1.82) is 0 Å². The second-order valence-corrected chi connectivity index (χ2v) is 10.5. The van der Waals surface area contributed by atoms with Gasteiger partial charge in [-0.1, -0.05) is 32.9 Å². The molecule has 1 saturated heterocycles. The first-order valence-corrected chi connectivity index (χ1v) is 12.5. The summed E-state index contributed by atoms with van der Waals surface area (Å²) in [5, 5.41) is 5.77. The average Bonchev–Trinajstić information content (AvgIpc) is 3.41. The Kier molecular flexibility index (Phi) is 6.10. The third kappa shape index (κ3) is 4.16. The number of amides is 1. The second kappa shape index (κ2) is 9.11. The number of carbonyl (C=O) groups is 2. The van der Waals surface area contributed by atoms with Gasteiger partial charge in [0.1, 0.15) is 23.4 Å². The maximum Gasteiger partial charge on any atom is 0.343 e. The van der Waals surface area contributed by atoms with Crippen molar-refractivity contribution in [2.24, 2.45) is 5.41 Å². The van der Waals surface area contributed by atoms with Crippen LogP contribution in [-0.2, 0) is 16.1 Å². The maximum atomic E-state index is 13.0. The molecule has 9 heteroatoms. The van der Waals surface area contributed by atoms with Crippen molar-refractivity contribution in [3.8, 4) is 17.1 Å². The third-order valence-electron chi connectivity index (χ3n) is 7.02. The van der Waals surface area contributed by atoms with Gasteiger partial charge in [0.25, 0.3) is 0 Å². The Labute approximate surface area is 209 Å². The number of hydrogen-bond acceptors (Lipinski definition) is 6. The van der Waals surface area contributed by atoms with Gasteiger partial charge in [-0.2, -0.15) is 5.10 Å². The molecule has 5 rings (SSSR count). The standard InChI is InChI=1S/C27H32N4O5/c1-5-35-26(34)18-15-30-19(14-20(18)32)25-17-8-6-9-21(36-13-12-29-11-7-10-23(29)33)24(17)28-31(25)16-22(30)27(2,3)4/h6,8-9,14-15,22H,5,7,10-13,16H2,1-4H3. The molecule has 0 saturated carbocycles. The highest BCUT2D eigenvalue weighted by atomic mass is 16.5. The van der Waals surface area contributed by atoms with Gasteiger partial charge in [-0.3, -0.25) is 14.3 Å². The molecule has 2 aromatic heterocycles. The minimum Gasteiger partial charge on any atom is -0.489 e. The monoisotopic (exact) mass is 492 g/mol. The van der Waals surface area contributed by atoms with E-state index >= 15 is 0 Å². The van der Waals surface area contributed by atoms with E-state index in [1.807, 2.05) is 32.3 Å². The number of nitrogens with zero attached hydrogens (tertiary/aromatic N) is 4. The van der Waals surface area contributed by atoms with Crippen LogP contribution in [-0.4, -0.2) is 57.4 Å². The fourth-order valence-corrected chi connectivity index (χ4v) is 5.15. The van der Waals surface area contributed by atoms with Crippen LogP contribution in [0.3, 0.4) is 0 Å². The van der Waals surface area contributed by atoms with E-state index in [9.17, 15) is 14.4 Å². The lowest BCUT2D eigenvalue weighted by atomic mass is 9.85. The van der Waals surface area contributed by atoms with Crippen molar-refractivity contribution in [3.63, 3.8) is 0 Å². The summed E-state index contributed by atoms with van der Waals surface area (Å²) in [6.07, 6.45) is 3.14. The molecule has 1 aromatic carbocycles. The SMILES string of the molecule is CCOC(=O)c1cn2c(cc1=O)-c1c3cccc(OCCN4CCCC4=O)c3nn1CC2C(C)(C)C. The van der Waals surface area contributed by atoms with Crippen LogP contribution in [0.15, 0.2) is 35.3 Å². The van der Waals surface area contributed by atoms with E-state index in [-0.39, 0.29) is 35.0 Å². The molecule has 0 N–H and O–H groups in total. The predicted octanol–water partition coefficient (Wildman–Crippen LogP) is 3.64. The Morgan fingerprint density at radius 3 is 2.72 bits per heavy atom.